The molecule has 1 aliphatic heterocycles. The second-order valence-electron chi connectivity index (χ2n) is 6.38. The van der Waals surface area contributed by atoms with E-state index < -0.39 is 5.60 Å². The van der Waals surface area contributed by atoms with Gasteiger partial charge in [0.1, 0.15) is 11.3 Å². The monoisotopic (exact) mass is 336 g/mol. The lowest BCUT2D eigenvalue weighted by molar-refractivity contribution is 0.0487. The van der Waals surface area contributed by atoms with Crippen molar-refractivity contribution in [1.29, 1.82) is 0 Å². The van der Waals surface area contributed by atoms with Crippen molar-refractivity contribution >= 4 is 17.2 Å². The maximum atomic E-state index is 12.7. The summed E-state index contributed by atoms with van der Waals surface area (Å²) < 4.78 is 5.48. The molecule has 0 bridgehead atoms. The number of aromatic nitrogens is 3. The number of carbonyl (C=O) groups excluding carboxylic acids is 1. The molecule has 0 aliphatic carbocycles. The lowest BCUT2D eigenvalue weighted by Gasteiger charge is -2.20. The summed E-state index contributed by atoms with van der Waals surface area (Å²) in [5, 5.41) is 18.2. The number of hydrogen-bond acceptors (Lipinski definition) is 7. The van der Waals surface area contributed by atoms with E-state index in [9.17, 15) is 9.90 Å². The van der Waals surface area contributed by atoms with Crippen molar-refractivity contribution in [3.05, 3.63) is 16.5 Å². The average Bonchev–Trinajstić information content (AvgIpc) is 3.15. The molecule has 23 heavy (non-hydrogen) atoms. The van der Waals surface area contributed by atoms with E-state index in [2.05, 4.69) is 22.1 Å². The lowest BCUT2D eigenvalue weighted by Crippen LogP contribution is -2.34. The zero-order chi connectivity index (χ0) is 16.8. The van der Waals surface area contributed by atoms with E-state index in [4.69, 9.17) is 4.42 Å². The number of rotatable bonds is 3. The first-order valence-corrected chi connectivity index (χ1v) is 8.44. The zero-order valence-corrected chi connectivity index (χ0v) is 14.5. The molecule has 2 aromatic rings. The van der Waals surface area contributed by atoms with Gasteiger partial charge in [0.05, 0.1) is 0 Å². The highest BCUT2D eigenvalue weighted by molar-refractivity contribution is 7.15. The first-order valence-electron chi connectivity index (χ1n) is 7.62. The van der Waals surface area contributed by atoms with Crippen LogP contribution in [0.25, 0.3) is 10.9 Å². The quantitative estimate of drug-likeness (QED) is 0.925. The maximum absolute atomic E-state index is 12.7. The van der Waals surface area contributed by atoms with Crippen molar-refractivity contribution in [3.63, 3.8) is 0 Å². The summed E-state index contributed by atoms with van der Waals surface area (Å²) in [7, 11) is 0. The van der Waals surface area contributed by atoms with Crippen molar-refractivity contribution in [2.45, 2.75) is 52.2 Å². The summed E-state index contributed by atoms with van der Waals surface area (Å²) >= 11 is 1.34. The predicted molar refractivity (Wildman–Crippen MR) is 85.1 cm³/mol. The minimum atomic E-state index is -1.21. The highest BCUT2D eigenvalue weighted by Crippen LogP contribution is 2.30. The molecular weight excluding hydrogens is 316 g/mol. The molecule has 1 amide bonds. The smallest absolute Gasteiger partial charge is 0.276 e. The van der Waals surface area contributed by atoms with Crippen LogP contribution in [0.5, 0.6) is 0 Å². The molecule has 1 fully saturated rings. The van der Waals surface area contributed by atoms with Crippen molar-refractivity contribution in [1.82, 2.24) is 20.1 Å². The molecular formula is C15H20N4O3S. The topological polar surface area (TPSA) is 92.4 Å². The normalized spacial score (nSPS) is 18.7. The third kappa shape index (κ3) is 3.00. The summed E-state index contributed by atoms with van der Waals surface area (Å²) in [5.41, 5.74) is -0.761. The fourth-order valence-corrected chi connectivity index (χ4v) is 3.44. The van der Waals surface area contributed by atoms with Crippen LogP contribution < -0.4 is 0 Å². The first-order chi connectivity index (χ1) is 10.8. The van der Waals surface area contributed by atoms with Gasteiger partial charge in [-0.3, -0.25) is 4.79 Å². The third-order valence-corrected chi connectivity index (χ3v) is 4.90. The van der Waals surface area contributed by atoms with Crippen LogP contribution >= 0.6 is 11.3 Å². The van der Waals surface area contributed by atoms with Crippen LogP contribution in [0.2, 0.25) is 0 Å². The van der Waals surface area contributed by atoms with Crippen LogP contribution in [-0.4, -0.2) is 43.7 Å². The van der Waals surface area contributed by atoms with Gasteiger partial charge < -0.3 is 14.4 Å². The molecule has 0 spiro atoms. The molecule has 3 heterocycles. The minimum absolute atomic E-state index is 0.0442. The fourth-order valence-electron chi connectivity index (χ4n) is 2.61. The Bertz CT molecular complexity index is 731. The number of thiazole rings is 1. The molecule has 1 N–H and O–H groups in total. The number of amides is 1. The number of nitrogens with zero attached hydrogens (tertiary/aromatic N) is 4. The van der Waals surface area contributed by atoms with Crippen molar-refractivity contribution in [2.24, 2.45) is 0 Å². The Kier molecular flexibility index (Phi) is 3.97. The summed E-state index contributed by atoms with van der Waals surface area (Å²) in [5.74, 6) is 0.308. The standard InChI is InChI=1S/C15H20N4O3S/c1-8-6-5-7-19(8)13(20)10-9(2)23-12(16-10)11-17-18-14(22-11)15(3,4)21/h8,21H,5-7H2,1-4H3. The van der Waals surface area contributed by atoms with Crippen LogP contribution in [-0.2, 0) is 5.60 Å². The Balaban J connectivity index is 1.89. The van der Waals surface area contributed by atoms with Crippen LogP contribution in [0, 0.1) is 6.92 Å². The van der Waals surface area contributed by atoms with Gasteiger partial charge in [-0.1, -0.05) is 0 Å². The second-order valence-corrected chi connectivity index (χ2v) is 7.59. The van der Waals surface area contributed by atoms with Gasteiger partial charge in [-0.25, -0.2) is 4.98 Å². The highest BCUT2D eigenvalue weighted by atomic mass is 32.1. The number of carbonyl (C=O) groups is 1. The Hall–Kier alpha value is -1.80. The van der Waals surface area contributed by atoms with E-state index in [1.165, 1.54) is 11.3 Å². The predicted octanol–water partition coefficient (Wildman–Crippen LogP) is 2.35. The Morgan fingerprint density at radius 1 is 1.43 bits per heavy atom. The minimum Gasteiger partial charge on any atom is -0.415 e. The molecule has 1 aliphatic rings. The first kappa shape index (κ1) is 16.1. The molecule has 3 rings (SSSR count). The second kappa shape index (κ2) is 5.68. The molecule has 0 radical (unpaired) electrons. The van der Waals surface area contributed by atoms with E-state index >= 15 is 0 Å². The van der Waals surface area contributed by atoms with Gasteiger partial charge in [0.15, 0.2) is 5.01 Å². The van der Waals surface area contributed by atoms with Gasteiger partial charge in [-0.05, 0) is 40.5 Å². The van der Waals surface area contributed by atoms with Crippen LogP contribution in [0.3, 0.4) is 0 Å². The number of likely N-dealkylation sites (tertiary alicyclic amines) is 1. The van der Waals surface area contributed by atoms with Crippen molar-refractivity contribution < 1.29 is 14.3 Å². The van der Waals surface area contributed by atoms with Crippen LogP contribution in [0.4, 0.5) is 0 Å². The van der Waals surface area contributed by atoms with Gasteiger partial charge in [-0.15, -0.1) is 21.5 Å². The molecule has 7 nitrogen and oxygen atoms in total. The van der Waals surface area contributed by atoms with Crippen LogP contribution in [0.15, 0.2) is 4.42 Å². The summed E-state index contributed by atoms with van der Waals surface area (Å²) in [4.78, 5) is 19.7. The van der Waals surface area contributed by atoms with E-state index in [0.29, 0.717) is 10.7 Å². The molecule has 2 aromatic heterocycles. The summed E-state index contributed by atoms with van der Waals surface area (Å²) in [6, 6.07) is 0.247. The summed E-state index contributed by atoms with van der Waals surface area (Å²) in [6.07, 6.45) is 2.06. The Morgan fingerprint density at radius 2 is 2.17 bits per heavy atom. The molecule has 0 aromatic carbocycles. The van der Waals surface area contributed by atoms with E-state index in [1.807, 2.05) is 11.8 Å². The lowest BCUT2D eigenvalue weighted by atomic mass is 10.1. The molecule has 1 unspecified atom stereocenters. The van der Waals surface area contributed by atoms with Crippen molar-refractivity contribution in [2.75, 3.05) is 6.54 Å². The average molecular weight is 336 g/mol. The SMILES string of the molecule is Cc1sc(-c2nnc(C(C)(C)O)o2)nc1C(=O)N1CCCC1C. The molecule has 0 saturated carbocycles. The largest absolute Gasteiger partial charge is 0.415 e. The van der Waals surface area contributed by atoms with Crippen molar-refractivity contribution in [3.8, 4) is 10.9 Å². The number of hydrogen-bond donors (Lipinski definition) is 1. The van der Waals surface area contributed by atoms with E-state index in [0.717, 1.165) is 24.3 Å². The summed E-state index contributed by atoms with van der Waals surface area (Å²) in [6.45, 7) is 7.83. The van der Waals surface area contributed by atoms with Gasteiger partial charge >= 0.3 is 0 Å². The number of aliphatic hydroxyl groups is 1. The van der Waals surface area contributed by atoms with E-state index in [1.54, 1.807) is 13.8 Å². The molecule has 8 heteroatoms. The highest BCUT2D eigenvalue weighted by Gasteiger charge is 2.30. The molecule has 124 valence electrons. The van der Waals surface area contributed by atoms with E-state index in [-0.39, 0.29) is 23.7 Å². The molecule has 1 saturated heterocycles. The van der Waals surface area contributed by atoms with Gasteiger partial charge in [0, 0.05) is 17.5 Å². The van der Waals surface area contributed by atoms with Gasteiger partial charge in [-0.2, -0.15) is 0 Å². The third-order valence-electron chi connectivity index (χ3n) is 3.94. The Morgan fingerprint density at radius 3 is 2.74 bits per heavy atom. The van der Waals surface area contributed by atoms with Crippen LogP contribution in [0.1, 0.15) is 54.9 Å². The zero-order valence-electron chi connectivity index (χ0n) is 13.7. The Labute approximate surface area is 138 Å². The van der Waals surface area contributed by atoms with Gasteiger partial charge in [0.2, 0.25) is 5.89 Å². The maximum Gasteiger partial charge on any atom is 0.276 e. The van der Waals surface area contributed by atoms with Gasteiger partial charge in [0.25, 0.3) is 11.8 Å². The molecule has 1 atom stereocenters. The fraction of sp³-hybridized carbons (Fsp3) is 0.600. The number of aryl methyl sites for hydroxylation is 1.